The second-order valence-corrected chi connectivity index (χ2v) is 4.88. The fourth-order valence-corrected chi connectivity index (χ4v) is 2.38. The van der Waals surface area contributed by atoms with Crippen molar-refractivity contribution in [1.82, 2.24) is 10.2 Å². The highest BCUT2D eigenvalue weighted by Crippen LogP contribution is 2.13. The van der Waals surface area contributed by atoms with E-state index in [1.165, 1.54) is 5.56 Å². The smallest absolute Gasteiger partial charge is 0.218 e. The zero-order valence-electron chi connectivity index (χ0n) is 10.6. The van der Waals surface area contributed by atoms with Gasteiger partial charge in [-0.25, -0.2) is 0 Å². The minimum atomic E-state index is -0.235. The van der Waals surface area contributed by atoms with E-state index in [4.69, 9.17) is 5.73 Å². The maximum absolute atomic E-state index is 10.7. The number of primary amides is 1. The van der Waals surface area contributed by atoms with Crippen LogP contribution in [0.4, 0.5) is 0 Å². The third-order valence-corrected chi connectivity index (χ3v) is 3.33. The van der Waals surface area contributed by atoms with Crippen LogP contribution in [0, 0.1) is 0 Å². The van der Waals surface area contributed by atoms with Crippen LogP contribution in [0.25, 0.3) is 0 Å². The lowest BCUT2D eigenvalue weighted by molar-refractivity contribution is -0.117. The van der Waals surface area contributed by atoms with Gasteiger partial charge >= 0.3 is 0 Å². The predicted molar refractivity (Wildman–Crippen MR) is 71.9 cm³/mol. The molecular weight excluding hydrogens is 226 g/mol. The van der Waals surface area contributed by atoms with Crippen molar-refractivity contribution in [2.75, 3.05) is 19.6 Å². The number of hydrogen-bond acceptors (Lipinski definition) is 3. The van der Waals surface area contributed by atoms with Gasteiger partial charge in [0.2, 0.25) is 5.91 Å². The van der Waals surface area contributed by atoms with Crippen molar-refractivity contribution < 1.29 is 4.79 Å². The van der Waals surface area contributed by atoms with Crippen LogP contribution in [-0.2, 0) is 11.3 Å². The third kappa shape index (κ3) is 4.13. The monoisotopic (exact) mass is 247 g/mol. The van der Waals surface area contributed by atoms with E-state index in [9.17, 15) is 4.79 Å². The van der Waals surface area contributed by atoms with Gasteiger partial charge in [0.25, 0.3) is 0 Å². The van der Waals surface area contributed by atoms with Crippen LogP contribution in [0.1, 0.15) is 18.4 Å². The molecule has 18 heavy (non-hydrogen) atoms. The molecule has 1 fully saturated rings. The number of hydrogen-bond donors (Lipinski definition) is 2. The molecule has 0 saturated carbocycles. The Kier molecular flexibility index (Phi) is 4.73. The number of amides is 1. The summed E-state index contributed by atoms with van der Waals surface area (Å²) in [7, 11) is 0. The van der Waals surface area contributed by atoms with Gasteiger partial charge < -0.3 is 11.1 Å². The lowest BCUT2D eigenvalue weighted by atomic mass is 10.2. The fraction of sp³-hybridized carbons (Fsp3) is 0.500. The van der Waals surface area contributed by atoms with E-state index in [2.05, 4.69) is 34.5 Å². The topological polar surface area (TPSA) is 58.4 Å². The van der Waals surface area contributed by atoms with Crippen molar-refractivity contribution in [3.8, 4) is 0 Å². The lowest BCUT2D eigenvalue weighted by Crippen LogP contribution is -2.34. The maximum atomic E-state index is 10.7. The summed E-state index contributed by atoms with van der Waals surface area (Å²) in [6.45, 7) is 3.87. The molecule has 3 N–H and O–H groups in total. The number of carbonyl (C=O) groups excluding carboxylic acids is 1. The molecule has 2 rings (SSSR count). The quantitative estimate of drug-likeness (QED) is 0.779. The standard InChI is InChI=1S/C14H21N3O/c15-14(18)6-8-16-13-7-9-17(11-13)10-12-4-2-1-3-5-12/h1-5,13,16H,6-11H2,(H2,15,18). The molecule has 98 valence electrons. The largest absolute Gasteiger partial charge is 0.370 e. The van der Waals surface area contributed by atoms with Gasteiger partial charge in [-0.2, -0.15) is 0 Å². The minimum absolute atomic E-state index is 0.235. The van der Waals surface area contributed by atoms with Crippen LogP contribution in [-0.4, -0.2) is 36.5 Å². The highest BCUT2D eigenvalue weighted by Gasteiger charge is 2.21. The van der Waals surface area contributed by atoms with Crippen LogP contribution >= 0.6 is 0 Å². The Hall–Kier alpha value is -1.39. The van der Waals surface area contributed by atoms with Gasteiger partial charge in [0.05, 0.1) is 0 Å². The molecule has 4 heteroatoms. The first-order chi connectivity index (χ1) is 8.74. The van der Waals surface area contributed by atoms with Crippen LogP contribution in [0.15, 0.2) is 30.3 Å². The van der Waals surface area contributed by atoms with Crippen molar-refractivity contribution in [3.05, 3.63) is 35.9 Å². The summed E-state index contributed by atoms with van der Waals surface area (Å²) in [6, 6.07) is 11.0. The van der Waals surface area contributed by atoms with Crippen LogP contribution in [0.2, 0.25) is 0 Å². The Balaban J connectivity index is 1.70. The van der Waals surface area contributed by atoms with Gasteiger partial charge in [0.1, 0.15) is 0 Å². The molecule has 0 aromatic heterocycles. The van der Waals surface area contributed by atoms with Gasteiger partial charge in [-0.15, -0.1) is 0 Å². The van der Waals surface area contributed by atoms with E-state index in [1.807, 2.05) is 6.07 Å². The van der Waals surface area contributed by atoms with E-state index in [0.29, 0.717) is 19.0 Å². The first-order valence-corrected chi connectivity index (χ1v) is 6.52. The molecule has 0 bridgehead atoms. The number of likely N-dealkylation sites (tertiary alicyclic amines) is 1. The Morgan fingerprint density at radius 3 is 2.89 bits per heavy atom. The van der Waals surface area contributed by atoms with E-state index in [-0.39, 0.29) is 5.91 Å². The van der Waals surface area contributed by atoms with E-state index >= 15 is 0 Å². The second kappa shape index (κ2) is 6.52. The number of carbonyl (C=O) groups is 1. The minimum Gasteiger partial charge on any atom is -0.370 e. The molecule has 1 unspecified atom stereocenters. The average Bonchev–Trinajstić information content (AvgIpc) is 2.78. The summed E-state index contributed by atoms with van der Waals surface area (Å²) < 4.78 is 0. The molecule has 4 nitrogen and oxygen atoms in total. The van der Waals surface area contributed by atoms with E-state index in [1.54, 1.807) is 0 Å². The van der Waals surface area contributed by atoms with Crippen molar-refractivity contribution >= 4 is 5.91 Å². The van der Waals surface area contributed by atoms with Crippen molar-refractivity contribution in [2.45, 2.75) is 25.4 Å². The summed E-state index contributed by atoms with van der Waals surface area (Å²) in [5, 5.41) is 3.39. The second-order valence-electron chi connectivity index (χ2n) is 4.88. The number of nitrogens with zero attached hydrogens (tertiary/aromatic N) is 1. The molecule has 1 aliphatic heterocycles. The summed E-state index contributed by atoms with van der Waals surface area (Å²) in [5.41, 5.74) is 6.47. The van der Waals surface area contributed by atoms with Gasteiger partial charge in [0, 0.05) is 38.6 Å². The van der Waals surface area contributed by atoms with Crippen LogP contribution in [0.3, 0.4) is 0 Å². The summed E-state index contributed by atoms with van der Waals surface area (Å²) >= 11 is 0. The van der Waals surface area contributed by atoms with Gasteiger partial charge in [-0.1, -0.05) is 30.3 Å². The molecule has 1 atom stereocenters. The van der Waals surface area contributed by atoms with Gasteiger partial charge in [-0.05, 0) is 12.0 Å². The van der Waals surface area contributed by atoms with Gasteiger partial charge in [-0.3, -0.25) is 9.69 Å². The Morgan fingerprint density at radius 2 is 2.17 bits per heavy atom. The zero-order valence-corrected chi connectivity index (χ0v) is 10.6. The first-order valence-electron chi connectivity index (χ1n) is 6.52. The van der Waals surface area contributed by atoms with Crippen molar-refractivity contribution in [2.24, 2.45) is 5.73 Å². The summed E-state index contributed by atoms with van der Waals surface area (Å²) in [6.07, 6.45) is 1.57. The molecule has 1 aliphatic rings. The summed E-state index contributed by atoms with van der Waals surface area (Å²) in [4.78, 5) is 13.1. The Labute approximate surface area is 108 Å². The fourth-order valence-electron chi connectivity index (χ4n) is 2.38. The van der Waals surface area contributed by atoms with Crippen molar-refractivity contribution in [3.63, 3.8) is 0 Å². The number of rotatable bonds is 6. The van der Waals surface area contributed by atoms with E-state index in [0.717, 1.165) is 26.1 Å². The van der Waals surface area contributed by atoms with E-state index < -0.39 is 0 Å². The molecule has 1 aromatic rings. The number of nitrogens with one attached hydrogen (secondary N) is 1. The number of benzene rings is 1. The Bertz CT molecular complexity index is 380. The first kappa shape index (κ1) is 13.1. The van der Waals surface area contributed by atoms with Gasteiger partial charge in [0.15, 0.2) is 0 Å². The highest BCUT2D eigenvalue weighted by atomic mass is 16.1. The molecule has 1 saturated heterocycles. The van der Waals surface area contributed by atoms with Crippen molar-refractivity contribution in [1.29, 1.82) is 0 Å². The predicted octanol–water partition coefficient (Wildman–Crippen LogP) is 0.726. The maximum Gasteiger partial charge on any atom is 0.218 e. The zero-order chi connectivity index (χ0) is 12.8. The van der Waals surface area contributed by atoms with Crippen LogP contribution < -0.4 is 11.1 Å². The third-order valence-electron chi connectivity index (χ3n) is 3.33. The molecule has 0 spiro atoms. The number of nitrogens with two attached hydrogens (primary N) is 1. The molecule has 1 amide bonds. The molecule has 1 heterocycles. The molecule has 0 radical (unpaired) electrons. The molecule has 0 aliphatic carbocycles. The highest BCUT2D eigenvalue weighted by molar-refractivity contribution is 5.73. The average molecular weight is 247 g/mol. The normalized spacial score (nSPS) is 20.1. The summed E-state index contributed by atoms with van der Waals surface area (Å²) in [5.74, 6) is -0.235. The molecular formula is C14H21N3O. The SMILES string of the molecule is NC(=O)CCNC1CCN(Cc2ccccc2)C1. The Morgan fingerprint density at radius 1 is 1.39 bits per heavy atom. The molecule has 1 aromatic carbocycles. The van der Waals surface area contributed by atoms with Crippen LogP contribution in [0.5, 0.6) is 0 Å². The lowest BCUT2D eigenvalue weighted by Gasteiger charge is -2.16.